The molecule has 1 fully saturated rings. The van der Waals surface area contributed by atoms with Gasteiger partial charge in [0.15, 0.2) is 0 Å². The van der Waals surface area contributed by atoms with Crippen LogP contribution in [0.1, 0.15) is 0 Å². The third-order valence-corrected chi connectivity index (χ3v) is 2.95. The summed E-state index contributed by atoms with van der Waals surface area (Å²) >= 11 is 6.18. The first kappa shape index (κ1) is 8.65. The molecule has 0 aliphatic carbocycles. The first-order chi connectivity index (χ1) is 6.27. The second kappa shape index (κ2) is 3.43. The van der Waals surface area contributed by atoms with E-state index in [0.29, 0.717) is 15.8 Å². The van der Waals surface area contributed by atoms with Crippen molar-refractivity contribution >= 4 is 40.4 Å². The summed E-state index contributed by atoms with van der Waals surface area (Å²) in [4.78, 5) is 16.1. The van der Waals surface area contributed by atoms with E-state index in [1.807, 2.05) is 12.2 Å². The quantitative estimate of drug-likeness (QED) is 0.479. The molecule has 0 atom stereocenters. The number of thiocarbonyl (C=S) groups is 1. The van der Waals surface area contributed by atoms with Crippen LogP contribution < -0.4 is 5.32 Å². The molecule has 0 radical (unpaired) electrons. The van der Waals surface area contributed by atoms with Gasteiger partial charge in [-0.05, 0) is 11.6 Å². The lowest BCUT2D eigenvalue weighted by atomic mass is 10.2. The van der Waals surface area contributed by atoms with Crippen molar-refractivity contribution in [2.45, 2.75) is 0 Å². The van der Waals surface area contributed by atoms with Gasteiger partial charge in [0.25, 0.3) is 5.91 Å². The summed E-state index contributed by atoms with van der Waals surface area (Å²) in [5.74, 6) is -0.105. The normalized spacial score (nSPS) is 26.8. The molecule has 0 aromatic rings. The fourth-order valence-corrected chi connectivity index (χ4v) is 2.18. The lowest BCUT2D eigenvalue weighted by molar-refractivity contribution is -0.115. The molecule has 0 saturated carbocycles. The zero-order valence-corrected chi connectivity index (χ0v) is 8.24. The zero-order valence-electron chi connectivity index (χ0n) is 6.61. The molecule has 1 saturated heterocycles. The Morgan fingerprint density at radius 2 is 2.46 bits per heavy atom. The lowest BCUT2D eigenvalue weighted by Gasteiger charge is -2.02. The van der Waals surface area contributed by atoms with Gasteiger partial charge in [0.1, 0.15) is 4.32 Å². The molecule has 0 aromatic carbocycles. The predicted octanol–water partition coefficient (Wildman–Crippen LogP) is 1.03. The molecule has 0 aromatic heterocycles. The molecule has 5 heteroatoms. The summed E-state index contributed by atoms with van der Waals surface area (Å²) in [6, 6.07) is 0. The SMILES string of the molecule is O=C1NC(=S)SC1=C1C=CC=NC1. The van der Waals surface area contributed by atoms with Crippen LogP contribution in [-0.4, -0.2) is 23.0 Å². The number of allylic oxidation sites excluding steroid dienone is 1. The number of dihydropyridines is 1. The maximum atomic E-state index is 11.3. The minimum atomic E-state index is -0.105. The minimum absolute atomic E-state index is 0.105. The van der Waals surface area contributed by atoms with Gasteiger partial charge in [0.05, 0.1) is 11.4 Å². The van der Waals surface area contributed by atoms with Crippen LogP contribution in [0.5, 0.6) is 0 Å². The number of hydrogen-bond acceptors (Lipinski definition) is 4. The molecule has 3 nitrogen and oxygen atoms in total. The van der Waals surface area contributed by atoms with Gasteiger partial charge in [0, 0.05) is 6.21 Å². The number of hydrogen-bond donors (Lipinski definition) is 1. The van der Waals surface area contributed by atoms with Gasteiger partial charge in [-0.1, -0.05) is 30.1 Å². The summed E-state index contributed by atoms with van der Waals surface area (Å²) in [7, 11) is 0. The second-order valence-electron chi connectivity index (χ2n) is 2.55. The lowest BCUT2D eigenvalue weighted by Crippen LogP contribution is -2.18. The Balaban J connectivity index is 2.33. The van der Waals surface area contributed by atoms with Crippen LogP contribution in [0.4, 0.5) is 0 Å². The van der Waals surface area contributed by atoms with E-state index in [9.17, 15) is 4.79 Å². The monoisotopic (exact) mass is 210 g/mol. The van der Waals surface area contributed by atoms with Crippen LogP contribution in [0.15, 0.2) is 27.6 Å². The van der Waals surface area contributed by atoms with Gasteiger partial charge in [-0.3, -0.25) is 9.79 Å². The van der Waals surface area contributed by atoms with Gasteiger partial charge in [0.2, 0.25) is 0 Å². The van der Waals surface area contributed by atoms with Crippen LogP contribution in [0.25, 0.3) is 0 Å². The van der Waals surface area contributed by atoms with Crippen LogP contribution in [0, 0.1) is 0 Å². The number of amides is 1. The fourth-order valence-electron chi connectivity index (χ4n) is 1.10. The standard InChI is InChI=1S/C8H6N2OS2/c11-7-6(13-8(12)10-7)5-2-1-3-9-4-5/h1-3H,4H2,(H,10,11,12). The van der Waals surface area contributed by atoms with E-state index < -0.39 is 0 Å². The highest BCUT2D eigenvalue weighted by atomic mass is 32.2. The molecule has 1 N–H and O–H groups in total. The third-order valence-electron chi connectivity index (χ3n) is 1.66. The Kier molecular flexibility index (Phi) is 2.28. The van der Waals surface area contributed by atoms with Gasteiger partial charge in [-0.25, -0.2) is 0 Å². The molecule has 66 valence electrons. The molecule has 0 bridgehead atoms. The van der Waals surface area contributed by atoms with E-state index in [0.717, 1.165) is 5.57 Å². The zero-order chi connectivity index (χ0) is 9.26. The third kappa shape index (κ3) is 1.71. The Hall–Kier alpha value is -0.940. The molecular formula is C8H6N2OS2. The van der Waals surface area contributed by atoms with Crippen LogP contribution in [0.2, 0.25) is 0 Å². The van der Waals surface area contributed by atoms with Gasteiger partial charge >= 0.3 is 0 Å². The highest BCUT2D eigenvalue weighted by Gasteiger charge is 2.24. The summed E-state index contributed by atoms with van der Waals surface area (Å²) < 4.78 is 0.524. The Labute approximate surface area is 85.0 Å². The van der Waals surface area contributed by atoms with E-state index >= 15 is 0 Å². The van der Waals surface area contributed by atoms with E-state index in [1.54, 1.807) is 6.21 Å². The van der Waals surface area contributed by atoms with Gasteiger partial charge in [-0.15, -0.1) is 0 Å². The Morgan fingerprint density at radius 1 is 1.62 bits per heavy atom. The summed E-state index contributed by atoms with van der Waals surface area (Å²) in [5.41, 5.74) is 0.935. The van der Waals surface area contributed by atoms with Crippen LogP contribution in [-0.2, 0) is 4.79 Å². The van der Waals surface area contributed by atoms with Crippen molar-refractivity contribution in [1.82, 2.24) is 5.32 Å². The van der Waals surface area contributed by atoms with Crippen molar-refractivity contribution in [2.75, 3.05) is 6.54 Å². The number of aliphatic imine (C=N–C) groups is 1. The fraction of sp³-hybridized carbons (Fsp3) is 0.125. The smallest absolute Gasteiger partial charge is 0.263 e. The van der Waals surface area contributed by atoms with Gasteiger partial charge in [-0.2, -0.15) is 0 Å². The Bertz CT molecular complexity index is 368. The van der Waals surface area contributed by atoms with Crippen molar-refractivity contribution in [3.05, 3.63) is 22.6 Å². The maximum absolute atomic E-state index is 11.3. The van der Waals surface area contributed by atoms with E-state index in [-0.39, 0.29) is 5.91 Å². The molecular weight excluding hydrogens is 204 g/mol. The number of nitrogens with zero attached hydrogens (tertiary/aromatic N) is 1. The van der Waals surface area contributed by atoms with E-state index in [2.05, 4.69) is 10.3 Å². The molecule has 2 aliphatic rings. The number of carbonyl (C=O) groups excluding carboxylic acids is 1. The van der Waals surface area contributed by atoms with Crippen molar-refractivity contribution in [2.24, 2.45) is 4.99 Å². The van der Waals surface area contributed by atoms with E-state index in [4.69, 9.17) is 12.2 Å². The number of rotatable bonds is 0. The predicted molar refractivity (Wildman–Crippen MR) is 57.9 cm³/mol. The molecule has 2 aliphatic heterocycles. The maximum Gasteiger partial charge on any atom is 0.263 e. The summed E-state index contributed by atoms with van der Waals surface area (Å²) in [5, 5.41) is 2.58. The second-order valence-corrected chi connectivity index (χ2v) is 4.23. The Morgan fingerprint density at radius 3 is 3.00 bits per heavy atom. The highest BCUT2D eigenvalue weighted by Crippen LogP contribution is 2.27. The van der Waals surface area contributed by atoms with Crippen molar-refractivity contribution in [3.63, 3.8) is 0 Å². The first-order valence-electron chi connectivity index (χ1n) is 3.70. The molecule has 13 heavy (non-hydrogen) atoms. The summed E-state index contributed by atoms with van der Waals surface area (Å²) in [6.07, 6.45) is 5.43. The highest BCUT2D eigenvalue weighted by molar-refractivity contribution is 8.26. The average molecular weight is 210 g/mol. The van der Waals surface area contributed by atoms with Crippen molar-refractivity contribution in [1.29, 1.82) is 0 Å². The first-order valence-corrected chi connectivity index (χ1v) is 4.92. The van der Waals surface area contributed by atoms with Crippen LogP contribution >= 0.6 is 24.0 Å². The topological polar surface area (TPSA) is 41.5 Å². The number of nitrogens with one attached hydrogen (secondary N) is 1. The van der Waals surface area contributed by atoms with E-state index in [1.165, 1.54) is 11.8 Å². The molecule has 2 rings (SSSR count). The number of thioether (sulfide) groups is 1. The average Bonchev–Trinajstić information content (AvgIpc) is 2.47. The van der Waals surface area contributed by atoms with Crippen LogP contribution in [0.3, 0.4) is 0 Å². The van der Waals surface area contributed by atoms with Crippen molar-refractivity contribution < 1.29 is 4.79 Å². The molecule has 0 spiro atoms. The van der Waals surface area contributed by atoms with Gasteiger partial charge < -0.3 is 5.32 Å². The summed E-state index contributed by atoms with van der Waals surface area (Å²) in [6.45, 7) is 0.564. The molecule has 1 amide bonds. The largest absolute Gasteiger partial charge is 0.307 e. The molecule has 2 heterocycles. The van der Waals surface area contributed by atoms with Crippen molar-refractivity contribution in [3.8, 4) is 0 Å². The minimum Gasteiger partial charge on any atom is -0.307 e. The number of carbonyl (C=O) groups is 1. The molecule has 0 unspecified atom stereocenters.